The van der Waals surface area contributed by atoms with E-state index in [1.54, 1.807) is 21.8 Å². The average molecular weight is 411 g/mol. The number of nitrogens with two attached hydrogens (primary N) is 1. The second-order valence-electron chi connectivity index (χ2n) is 7.50. The monoisotopic (exact) mass is 411 g/mol. The Morgan fingerprint density at radius 3 is 2.77 bits per heavy atom. The summed E-state index contributed by atoms with van der Waals surface area (Å²) < 4.78 is 3.29. The highest BCUT2D eigenvalue weighted by Gasteiger charge is 2.44. The molecule has 158 valence electrons. The van der Waals surface area contributed by atoms with Crippen molar-refractivity contribution in [2.24, 2.45) is 0 Å². The molecule has 0 aromatic carbocycles. The molecule has 0 amide bonds. The van der Waals surface area contributed by atoms with Gasteiger partial charge in [0.1, 0.15) is 17.7 Å². The first-order chi connectivity index (χ1) is 14.5. The summed E-state index contributed by atoms with van der Waals surface area (Å²) in [6, 6.07) is -0.929. The Kier molecular flexibility index (Phi) is 5.67. The summed E-state index contributed by atoms with van der Waals surface area (Å²) in [6.07, 6.45) is 5.89. The highest BCUT2D eigenvalue weighted by molar-refractivity contribution is 5.82. The van der Waals surface area contributed by atoms with Crippen LogP contribution in [-0.2, 0) is 6.61 Å². The number of anilines is 1. The predicted molar refractivity (Wildman–Crippen MR) is 109 cm³/mol. The van der Waals surface area contributed by atoms with Gasteiger partial charge < -0.3 is 25.6 Å². The van der Waals surface area contributed by atoms with Gasteiger partial charge >= 0.3 is 0 Å². The number of fused-ring (bicyclic) bond motifs is 1. The van der Waals surface area contributed by atoms with Gasteiger partial charge in [0.05, 0.1) is 31.2 Å². The fourth-order valence-electron chi connectivity index (χ4n) is 3.81. The Labute approximate surface area is 173 Å². The zero-order valence-corrected chi connectivity index (χ0v) is 16.7. The number of rotatable bonds is 5. The molecule has 10 heteroatoms. The molecule has 0 spiro atoms. The largest absolute Gasteiger partial charge is 0.392 e. The Morgan fingerprint density at radius 2 is 2.03 bits per heavy atom. The van der Waals surface area contributed by atoms with Crippen LogP contribution in [0.1, 0.15) is 56.1 Å². The van der Waals surface area contributed by atoms with Gasteiger partial charge in [0.15, 0.2) is 11.5 Å². The standard InChI is InChI=1S/C20H25N7O3/c1-2-3-4-5-6-15-24-19(21)16-20(25-15)26(11-22-16)13-7-14(18(30)17(13)29)27-9-12(10-28)8-23-27/h8-9,11,13-14,17-18,28-30H,2-4,7,10H2,1H3,(H2,21,24,25)/t13-,14+,17+,18-/m1/s1. The van der Waals surface area contributed by atoms with E-state index in [1.165, 1.54) is 6.20 Å². The first-order valence-electron chi connectivity index (χ1n) is 10.0. The van der Waals surface area contributed by atoms with Gasteiger partial charge in [-0.25, -0.2) is 15.0 Å². The van der Waals surface area contributed by atoms with Crippen LogP contribution in [0.4, 0.5) is 5.82 Å². The van der Waals surface area contributed by atoms with E-state index in [2.05, 4.69) is 38.8 Å². The SMILES string of the molecule is CCCCC#Cc1nc(N)c2ncn([C@@H]3C[C@H](n4cc(CO)cn4)[C@@H](O)[C@H]3O)c2n1. The van der Waals surface area contributed by atoms with Crippen molar-refractivity contribution in [3.05, 3.63) is 30.1 Å². The number of nitrogen functional groups attached to an aromatic ring is 1. The zero-order valence-electron chi connectivity index (χ0n) is 16.7. The molecule has 4 atom stereocenters. The van der Waals surface area contributed by atoms with Crippen LogP contribution in [0.15, 0.2) is 18.7 Å². The van der Waals surface area contributed by atoms with Gasteiger partial charge in [0, 0.05) is 18.2 Å². The predicted octanol–water partition coefficient (Wildman–Crippen LogP) is 0.547. The number of unbranched alkanes of at least 4 members (excludes halogenated alkanes) is 2. The number of nitrogens with zero attached hydrogens (tertiary/aromatic N) is 6. The molecule has 3 aromatic rings. The van der Waals surface area contributed by atoms with Crippen LogP contribution in [0.5, 0.6) is 0 Å². The summed E-state index contributed by atoms with van der Waals surface area (Å²) in [5.41, 5.74) is 7.59. The van der Waals surface area contributed by atoms with Crippen molar-refractivity contribution in [3.63, 3.8) is 0 Å². The van der Waals surface area contributed by atoms with Crippen molar-refractivity contribution in [3.8, 4) is 11.8 Å². The Hall–Kier alpha value is -3.00. The molecule has 30 heavy (non-hydrogen) atoms. The lowest BCUT2D eigenvalue weighted by Gasteiger charge is -2.18. The molecule has 0 aliphatic heterocycles. The molecule has 1 saturated carbocycles. The van der Waals surface area contributed by atoms with Gasteiger partial charge in [-0.2, -0.15) is 5.10 Å². The van der Waals surface area contributed by atoms with Gasteiger partial charge in [-0.15, -0.1) is 0 Å². The molecular weight excluding hydrogens is 386 g/mol. The maximum absolute atomic E-state index is 10.7. The van der Waals surface area contributed by atoms with Crippen LogP contribution in [0.25, 0.3) is 11.2 Å². The summed E-state index contributed by atoms with van der Waals surface area (Å²) in [7, 11) is 0. The number of hydrogen-bond donors (Lipinski definition) is 4. The van der Waals surface area contributed by atoms with Gasteiger partial charge in [0.2, 0.25) is 5.82 Å². The molecule has 0 radical (unpaired) electrons. The van der Waals surface area contributed by atoms with Crippen LogP contribution < -0.4 is 5.73 Å². The Bertz CT molecular complexity index is 1100. The minimum absolute atomic E-state index is 0.140. The minimum Gasteiger partial charge on any atom is -0.392 e. The third-order valence-electron chi connectivity index (χ3n) is 5.46. The van der Waals surface area contributed by atoms with Gasteiger partial charge in [-0.1, -0.05) is 19.3 Å². The minimum atomic E-state index is -1.05. The van der Waals surface area contributed by atoms with E-state index in [1.807, 2.05) is 0 Å². The van der Waals surface area contributed by atoms with E-state index in [0.717, 1.165) is 19.3 Å². The molecule has 0 bridgehead atoms. The van der Waals surface area contributed by atoms with E-state index in [0.29, 0.717) is 29.0 Å². The van der Waals surface area contributed by atoms with Crippen LogP contribution in [0.3, 0.4) is 0 Å². The van der Waals surface area contributed by atoms with Crippen molar-refractivity contribution in [2.45, 2.75) is 63.5 Å². The van der Waals surface area contributed by atoms with Crippen molar-refractivity contribution in [2.75, 3.05) is 5.73 Å². The van der Waals surface area contributed by atoms with Crippen LogP contribution in [0, 0.1) is 11.8 Å². The summed E-state index contributed by atoms with van der Waals surface area (Å²) >= 11 is 0. The second kappa shape index (κ2) is 8.39. The molecule has 1 fully saturated rings. The number of aliphatic hydroxyl groups excluding tert-OH is 3. The summed E-state index contributed by atoms with van der Waals surface area (Å²) in [5.74, 6) is 6.52. The quantitative estimate of drug-likeness (QED) is 0.351. The molecular formula is C20H25N7O3. The average Bonchev–Trinajstić information content (AvgIpc) is 3.44. The van der Waals surface area contributed by atoms with Gasteiger partial charge in [-0.3, -0.25) is 4.68 Å². The molecule has 1 aliphatic carbocycles. The lowest BCUT2D eigenvalue weighted by molar-refractivity contribution is 0.00720. The maximum atomic E-state index is 10.7. The molecule has 5 N–H and O–H groups in total. The van der Waals surface area contributed by atoms with E-state index < -0.39 is 24.3 Å². The second-order valence-corrected chi connectivity index (χ2v) is 7.50. The van der Waals surface area contributed by atoms with Gasteiger partial charge in [-0.05, 0) is 18.8 Å². The zero-order chi connectivity index (χ0) is 21.3. The van der Waals surface area contributed by atoms with E-state index in [9.17, 15) is 15.3 Å². The molecule has 0 unspecified atom stereocenters. The Morgan fingerprint density at radius 1 is 1.23 bits per heavy atom. The first kappa shape index (κ1) is 20.3. The third-order valence-corrected chi connectivity index (χ3v) is 5.46. The summed E-state index contributed by atoms with van der Waals surface area (Å²) in [4.78, 5) is 13.0. The third kappa shape index (κ3) is 3.63. The number of hydrogen-bond acceptors (Lipinski definition) is 8. The lowest BCUT2D eigenvalue weighted by atomic mass is 10.2. The highest BCUT2D eigenvalue weighted by Crippen LogP contribution is 2.39. The van der Waals surface area contributed by atoms with Crippen molar-refractivity contribution < 1.29 is 15.3 Å². The molecule has 3 aromatic heterocycles. The molecule has 4 rings (SSSR count). The van der Waals surface area contributed by atoms with Crippen molar-refractivity contribution in [1.29, 1.82) is 0 Å². The molecule has 1 aliphatic rings. The molecule has 0 saturated heterocycles. The smallest absolute Gasteiger partial charge is 0.208 e. The molecule has 10 nitrogen and oxygen atoms in total. The van der Waals surface area contributed by atoms with Gasteiger partial charge in [0.25, 0.3) is 0 Å². The van der Waals surface area contributed by atoms with E-state index in [-0.39, 0.29) is 12.4 Å². The highest BCUT2D eigenvalue weighted by atomic mass is 16.3. The van der Waals surface area contributed by atoms with E-state index in [4.69, 9.17) is 5.73 Å². The Balaban J connectivity index is 1.66. The normalized spacial score (nSPS) is 23.6. The topological polar surface area (TPSA) is 148 Å². The van der Waals surface area contributed by atoms with Crippen molar-refractivity contribution in [1.82, 2.24) is 29.3 Å². The summed E-state index contributed by atoms with van der Waals surface area (Å²) in [6.45, 7) is 1.96. The summed E-state index contributed by atoms with van der Waals surface area (Å²) in [5, 5.41) is 34.8. The number of aliphatic hydroxyl groups is 3. The number of aromatic nitrogens is 6. The number of imidazole rings is 1. The van der Waals surface area contributed by atoms with Crippen molar-refractivity contribution >= 4 is 17.0 Å². The maximum Gasteiger partial charge on any atom is 0.208 e. The van der Waals surface area contributed by atoms with Crippen LogP contribution >= 0.6 is 0 Å². The first-order valence-corrected chi connectivity index (χ1v) is 10.0. The van der Waals surface area contributed by atoms with Crippen LogP contribution in [-0.4, -0.2) is 56.8 Å². The van der Waals surface area contributed by atoms with Crippen LogP contribution in [0.2, 0.25) is 0 Å². The lowest BCUT2D eigenvalue weighted by Crippen LogP contribution is -2.30. The molecule has 3 heterocycles. The fourth-order valence-corrected chi connectivity index (χ4v) is 3.81. The fraction of sp³-hybridized carbons (Fsp3) is 0.500. The van der Waals surface area contributed by atoms with E-state index >= 15 is 0 Å².